The van der Waals surface area contributed by atoms with E-state index < -0.39 is 0 Å². The molecule has 0 saturated carbocycles. The number of nitrogens with one attached hydrogen (secondary N) is 1. The number of halogens is 1. The summed E-state index contributed by atoms with van der Waals surface area (Å²) in [5.41, 5.74) is 3.21. The van der Waals surface area contributed by atoms with Gasteiger partial charge in [-0.2, -0.15) is 0 Å². The van der Waals surface area contributed by atoms with Crippen LogP contribution in [0.25, 0.3) is 0 Å². The van der Waals surface area contributed by atoms with Gasteiger partial charge in [-0.15, -0.1) is 0 Å². The molecule has 0 saturated heterocycles. The second kappa shape index (κ2) is 5.25. The Morgan fingerprint density at radius 3 is 2.47 bits per heavy atom. The Labute approximate surface area is 106 Å². The molecule has 1 unspecified atom stereocenters. The molecule has 88 valence electrons. The Hall–Kier alpha value is -1.45. The molecule has 4 heteroatoms. The van der Waals surface area contributed by atoms with Crippen LogP contribution in [0.2, 0.25) is 5.02 Å². The Morgan fingerprint density at radius 1 is 1.18 bits per heavy atom. The van der Waals surface area contributed by atoms with Crippen molar-refractivity contribution >= 4 is 11.6 Å². The van der Waals surface area contributed by atoms with E-state index in [4.69, 9.17) is 11.6 Å². The first-order chi connectivity index (χ1) is 8.22. The van der Waals surface area contributed by atoms with Crippen molar-refractivity contribution in [1.82, 2.24) is 15.3 Å². The van der Waals surface area contributed by atoms with E-state index in [0.29, 0.717) is 0 Å². The van der Waals surface area contributed by atoms with Crippen molar-refractivity contribution in [2.75, 3.05) is 7.05 Å². The summed E-state index contributed by atoms with van der Waals surface area (Å²) in [5, 5.41) is 4.02. The number of hydrogen-bond donors (Lipinski definition) is 1. The third-order valence-corrected chi connectivity index (χ3v) is 3.14. The summed E-state index contributed by atoms with van der Waals surface area (Å²) < 4.78 is 0. The molecule has 0 spiro atoms. The Kier molecular flexibility index (Phi) is 3.71. The van der Waals surface area contributed by atoms with E-state index >= 15 is 0 Å². The zero-order valence-electron chi connectivity index (χ0n) is 9.81. The molecule has 2 rings (SSSR count). The first kappa shape index (κ1) is 12.0. The summed E-state index contributed by atoms with van der Waals surface area (Å²) >= 11 is 6.14. The Morgan fingerprint density at radius 2 is 1.88 bits per heavy atom. The van der Waals surface area contributed by atoms with Gasteiger partial charge in [-0.25, -0.2) is 9.97 Å². The smallest absolute Gasteiger partial charge is 0.115 e. The van der Waals surface area contributed by atoms with Crippen molar-refractivity contribution in [3.05, 3.63) is 58.6 Å². The van der Waals surface area contributed by atoms with Crippen LogP contribution in [0.3, 0.4) is 0 Å². The molecular formula is C13H14ClN3. The quantitative estimate of drug-likeness (QED) is 0.906. The van der Waals surface area contributed by atoms with Crippen molar-refractivity contribution in [2.45, 2.75) is 13.0 Å². The lowest BCUT2D eigenvalue weighted by atomic mass is 10.0. The van der Waals surface area contributed by atoms with Gasteiger partial charge in [0.1, 0.15) is 6.33 Å². The van der Waals surface area contributed by atoms with E-state index in [1.165, 1.54) is 6.33 Å². The number of aromatic nitrogens is 2. The molecule has 0 fully saturated rings. The highest BCUT2D eigenvalue weighted by Gasteiger charge is 2.13. The van der Waals surface area contributed by atoms with Crippen LogP contribution in [-0.4, -0.2) is 17.0 Å². The van der Waals surface area contributed by atoms with Crippen LogP contribution in [0.15, 0.2) is 36.9 Å². The molecule has 2 aromatic rings. The van der Waals surface area contributed by atoms with Gasteiger partial charge in [0, 0.05) is 23.0 Å². The van der Waals surface area contributed by atoms with Crippen LogP contribution in [0, 0.1) is 6.92 Å². The standard InChI is InChI=1S/C13H14ClN3/c1-9-3-4-10(5-12(9)14)13(15-2)11-6-16-8-17-7-11/h3-8,13,15H,1-2H3. The third-order valence-electron chi connectivity index (χ3n) is 2.73. The maximum atomic E-state index is 6.14. The SMILES string of the molecule is CNC(c1cncnc1)c1ccc(C)c(Cl)c1. The van der Waals surface area contributed by atoms with E-state index in [1.807, 2.05) is 38.5 Å². The van der Waals surface area contributed by atoms with Crippen molar-refractivity contribution in [2.24, 2.45) is 0 Å². The number of hydrogen-bond acceptors (Lipinski definition) is 3. The zero-order chi connectivity index (χ0) is 12.3. The average Bonchev–Trinajstić information content (AvgIpc) is 2.36. The van der Waals surface area contributed by atoms with Crippen molar-refractivity contribution in [3.8, 4) is 0 Å². The minimum absolute atomic E-state index is 0.0642. The lowest BCUT2D eigenvalue weighted by molar-refractivity contribution is 0.684. The summed E-state index contributed by atoms with van der Waals surface area (Å²) in [6.45, 7) is 1.99. The van der Waals surface area contributed by atoms with Crippen LogP contribution in [-0.2, 0) is 0 Å². The maximum Gasteiger partial charge on any atom is 0.115 e. The fraction of sp³-hybridized carbons (Fsp3) is 0.231. The van der Waals surface area contributed by atoms with Gasteiger partial charge in [-0.3, -0.25) is 0 Å². The van der Waals surface area contributed by atoms with Gasteiger partial charge in [0.2, 0.25) is 0 Å². The van der Waals surface area contributed by atoms with E-state index in [9.17, 15) is 0 Å². The molecule has 0 amide bonds. The number of rotatable bonds is 3. The van der Waals surface area contributed by atoms with Gasteiger partial charge in [0.05, 0.1) is 6.04 Å². The van der Waals surface area contributed by atoms with Crippen LogP contribution in [0.1, 0.15) is 22.7 Å². The highest BCUT2D eigenvalue weighted by Crippen LogP contribution is 2.25. The molecule has 0 bridgehead atoms. The van der Waals surface area contributed by atoms with Crippen LogP contribution in [0.5, 0.6) is 0 Å². The largest absolute Gasteiger partial charge is 0.309 e. The highest BCUT2D eigenvalue weighted by molar-refractivity contribution is 6.31. The van der Waals surface area contributed by atoms with Gasteiger partial charge < -0.3 is 5.32 Å². The topological polar surface area (TPSA) is 37.8 Å². The predicted molar refractivity (Wildman–Crippen MR) is 69.1 cm³/mol. The highest BCUT2D eigenvalue weighted by atomic mass is 35.5. The van der Waals surface area contributed by atoms with E-state index in [0.717, 1.165) is 21.7 Å². The monoisotopic (exact) mass is 247 g/mol. The molecule has 0 radical (unpaired) electrons. The molecule has 1 N–H and O–H groups in total. The molecule has 1 heterocycles. The molecule has 3 nitrogen and oxygen atoms in total. The molecule has 17 heavy (non-hydrogen) atoms. The van der Waals surface area contributed by atoms with Gasteiger partial charge in [-0.05, 0) is 31.2 Å². The lowest BCUT2D eigenvalue weighted by Gasteiger charge is -2.17. The van der Waals surface area contributed by atoms with Crippen LogP contribution in [0.4, 0.5) is 0 Å². The summed E-state index contributed by atoms with van der Waals surface area (Å²) in [6.07, 6.45) is 5.14. The van der Waals surface area contributed by atoms with E-state index in [1.54, 1.807) is 0 Å². The van der Waals surface area contributed by atoms with Crippen LogP contribution >= 0.6 is 11.6 Å². The second-order valence-corrected chi connectivity index (χ2v) is 4.31. The van der Waals surface area contributed by atoms with Gasteiger partial charge in [0.15, 0.2) is 0 Å². The van der Waals surface area contributed by atoms with E-state index in [-0.39, 0.29) is 6.04 Å². The average molecular weight is 248 g/mol. The molecule has 0 aliphatic heterocycles. The molecule has 0 aliphatic rings. The molecule has 1 atom stereocenters. The summed E-state index contributed by atoms with van der Waals surface area (Å²) in [7, 11) is 1.91. The van der Waals surface area contributed by atoms with Crippen molar-refractivity contribution in [3.63, 3.8) is 0 Å². The molecular weight excluding hydrogens is 234 g/mol. The third kappa shape index (κ3) is 2.62. The van der Waals surface area contributed by atoms with Crippen molar-refractivity contribution < 1.29 is 0 Å². The van der Waals surface area contributed by atoms with E-state index in [2.05, 4.69) is 21.4 Å². The van der Waals surface area contributed by atoms with Gasteiger partial charge in [0.25, 0.3) is 0 Å². The molecule has 0 aliphatic carbocycles. The molecule has 1 aromatic heterocycles. The Bertz CT molecular complexity index is 499. The number of aryl methyl sites for hydroxylation is 1. The van der Waals surface area contributed by atoms with Gasteiger partial charge in [-0.1, -0.05) is 23.7 Å². The fourth-order valence-electron chi connectivity index (χ4n) is 1.77. The molecule has 1 aromatic carbocycles. The van der Waals surface area contributed by atoms with Crippen LogP contribution < -0.4 is 5.32 Å². The lowest BCUT2D eigenvalue weighted by Crippen LogP contribution is -2.18. The first-order valence-electron chi connectivity index (χ1n) is 5.40. The Balaban J connectivity index is 2.39. The summed E-state index contributed by atoms with van der Waals surface area (Å²) in [6, 6.07) is 6.13. The number of benzene rings is 1. The summed E-state index contributed by atoms with van der Waals surface area (Å²) in [5.74, 6) is 0. The summed E-state index contributed by atoms with van der Waals surface area (Å²) in [4.78, 5) is 8.07. The minimum Gasteiger partial charge on any atom is -0.309 e. The fourth-order valence-corrected chi connectivity index (χ4v) is 1.96. The predicted octanol–water partition coefficient (Wildman–Crippen LogP) is 2.75. The zero-order valence-corrected chi connectivity index (χ0v) is 10.6. The number of nitrogens with zero attached hydrogens (tertiary/aromatic N) is 2. The first-order valence-corrected chi connectivity index (χ1v) is 5.78. The normalized spacial score (nSPS) is 12.4. The second-order valence-electron chi connectivity index (χ2n) is 3.90. The van der Waals surface area contributed by atoms with Crippen molar-refractivity contribution in [1.29, 1.82) is 0 Å². The van der Waals surface area contributed by atoms with Gasteiger partial charge >= 0.3 is 0 Å². The maximum absolute atomic E-state index is 6.14. The minimum atomic E-state index is 0.0642.